The van der Waals surface area contributed by atoms with E-state index in [1.807, 2.05) is 30.3 Å². The van der Waals surface area contributed by atoms with E-state index in [2.05, 4.69) is 26.0 Å². The van der Waals surface area contributed by atoms with Crippen molar-refractivity contribution in [3.8, 4) is 0 Å². The molecule has 0 radical (unpaired) electrons. The molecule has 0 aliphatic rings. The summed E-state index contributed by atoms with van der Waals surface area (Å²) in [6.07, 6.45) is -0.766. The first-order chi connectivity index (χ1) is 11.0. The van der Waals surface area contributed by atoms with Crippen molar-refractivity contribution >= 4 is 33.7 Å². The minimum atomic E-state index is -0.769. The predicted octanol–water partition coefficient (Wildman–Crippen LogP) is 4.12. The zero-order valence-electron chi connectivity index (χ0n) is 12.1. The molecular formula is C16H13BrFNO4. The number of nitrogens with one attached hydrogen (secondary N) is 1. The molecule has 0 saturated heterocycles. The molecule has 1 amide bonds. The molecular weight excluding hydrogens is 369 g/mol. The summed E-state index contributed by atoms with van der Waals surface area (Å²) < 4.78 is 23.3. The molecule has 0 aliphatic heterocycles. The Balaban J connectivity index is 2.10. The van der Waals surface area contributed by atoms with Crippen molar-refractivity contribution in [1.29, 1.82) is 0 Å². The normalized spacial score (nSPS) is 10.0. The number of hydrogen-bond acceptors (Lipinski definition) is 4. The maximum Gasteiger partial charge on any atom is 0.411 e. The van der Waals surface area contributed by atoms with Crippen LogP contribution in [-0.4, -0.2) is 19.2 Å². The van der Waals surface area contributed by atoms with Crippen LogP contribution in [0.5, 0.6) is 0 Å². The van der Waals surface area contributed by atoms with Gasteiger partial charge in [0.05, 0.1) is 22.8 Å². The zero-order valence-corrected chi connectivity index (χ0v) is 13.7. The second-order valence-corrected chi connectivity index (χ2v) is 5.34. The Morgan fingerprint density at radius 2 is 1.91 bits per heavy atom. The zero-order chi connectivity index (χ0) is 16.8. The van der Waals surface area contributed by atoms with Gasteiger partial charge >= 0.3 is 12.1 Å². The fraction of sp³-hybridized carbons (Fsp3) is 0.125. The summed E-state index contributed by atoms with van der Waals surface area (Å²) in [4.78, 5) is 23.5. The molecule has 0 heterocycles. The van der Waals surface area contributed by atoms with Crippen LogP contribution in [0.1, 0.15) is 15.9 Å². The summed E-state index contributed by atoms with van der Waals surface area (Å²) in [7, 11) is 1.17. The van der Waals surface area contributed by atoms with Gasteiger partial charge < -0.3 is 9.47 Å². The Bertz CT molecular complexity index is 722. The van der Waals surface area contributed by atoms with Crippen molar-refractivity contribution in [2.45, 2.75) is 6.61 Å². The van der Waals surface area contributed by atoms with E-state index in [-0.39, 0.29) is 22.3 Å². The van der Waals surface area contributed by atoms with Gasteiger partial charge in [-0.1, -0.05) is 30.3 Å². The van der Waals surface area contributed by atoms with E-state index in [0.29, 0.717) is 0 Å². The topological polar surface area (TPSA) is 64.6 Å². The Morgan fingerprint density at radius 3 is 2.57 bits per heavy atom. The molecule has 0 unspecified atom stereocenters. The quantitative estimate of drug-likeness (QED) is 0.808. The van der Waals surface area contributed by atoms with E-state index in [1.165, 1.54) is 13.2 Å². The highest BCUT2D eigenvalue weighted by Crippen LogP contribution is 2.25. The summed E-state index contributed by atoms with van der Waals surface area (Å²) in [5, 5.41) is 2.41. The van der Waals surface area contributed by atoms with E-state index < -0.39 is 17.9 Å². The minimum Gasteiger partial charge on any atom is -0.465 e. The molecule has 2 aromatic rings. The number of benzene rings is 2. The van der Waals surface area contributed by atoms with Crippen molar-refractivity contribution in [3.05, 3.63) is 63.9 Å². The molecule has 0 spiro atoms. The largest absolute Gasteiger partial charge is 0.465 e. The molecule has 0 saturated carbocycles. The molecule has 120 valence electrons. The van der Waals surface area contributed by atoms with Crippen molar-refractivity contribution in [2.75, 3.05) is 12.4 Å². The number of halogens is 2. The van der Waals surface area contributed by atoms with E-state index >= 15 is 0 Å². The van der Waals surface area contributed by atoms with Crippen molar-refractivity contribution in [3.63, 3.8) is 0 Å². The Hall–Kier alpha value is -2.41. The van der Waals surface area contributed by atoms with Crippen molar-refractivity contribution < 1.29 is 23.5 Å². The molecule has 0 fully saturated rings. The van der Waals surface area contributed by atoms with Gasteiger partial charge in [0, 0.05) is 0 Å². The second kappa shape index (κ2) is 7.73. The number of esters is 1. The van der Waals surface area contributed by atoms with Gasteiger partial charge in [-0.25, -0.2) is 14.0 Å². The molecule has 2 rings (SSSR count). The number of anilines is 1. The van der Waals surface area contributed by atoms with Gasteiger partial charge in [-0.2, -0.15) is 0 Å². The summed E-state index contributed by atoms with van der Waals surface area (Å²) in [6, 6.07) is 11.4. The number of ether oxygens (including phenoxy) is 2. The first-order valence-corrected chi connectivity index (χ1v) is 7.35. The molecule has 7 heteroatoms. The van der Waals surface area contributed by atoms with Crippen LogP contribution >= 0.6 is 15.9 Å². The Labute approximate surface area is 140 Å². The highest BCUT2D eigenvalue weighted by molar-refractivity contribution is 9.10. The first kappa shape index (κ1) is 17.0. The summed E-state index contributed by atoms with van der Waals surface area (Å²) in [5.41, 5.74) is 0.796. The number of methoxy groups -OCH3 is 1. The monoisotopic (exact) mass is 381 g/mol. The van der Waals surface area contributed by atoms with Gasteiger partial charge in [0.25, 0.3) is 0 Å². The maximum absolute atomic E-state index is 13.6. The molecule has 0 bridgehead atoms. The molecule has 5 nitrogen and oxygen atoms in total. The van der Waals surface area contributed by atoms with Crippen molar-refractivity contribution in [1.82, 2.24) is 0 Å². The van der Waals surface area contributed by atoms with Crippen LogP contribution in [0.15, 0.2) is 46.9 Å². The first-order valence-electron chi connectivity index (χ1n) is 6.56. The van der Waals surface area contributed by atoms with E-state index in [0.717, 1.165) is 11.6 Å². The van der Waals surface area contributed by atoms with Gasteiger partial charge in [-0.3, -0.25) is 5.32 Å². The highest BCUT2D eigenvalue weighted by Gasteiger charge is 2.18. The third-order valence-electron chi connectivity index (χ3n) is 2.92. The fourth-order valence-electron chi connectivity index (χ4n) is 1.80. The number of carbonyl (C=O) groups is 2. The summed E-state index contributed by atoms with van der Waals surface area (Å²) in [6.45, 7) is 0.0720. The van der Waals surface area contributed by atoms with Crippen molar-refractivity contribution in [2.24, 2.45) is 0 Å². The molecule has 23 heavy (non-hydrogen) atoms. The lowest BCUT2D eigenvalue weighted by Gasteiger charge is -2.11. The van der Waals surface area contributed by atoms with Crippen LogP contribution < -0.4 is 5.32 Å². The third-order valence-corrected chi connectivity index (χ3v) is 3.52. The average molecular weight is 382 g/mol. The third kappa shape index (κ3) is 4.53. The molecule has 0 atom stereocenters. The highest BCUT2D eigenvalue weighted by atomic mass is 79.9. The smallest absolute Gasteiger partial charge is 0.411 e. The van der Waals surface area contributed by atoms with Gasteiger partial charge in [0.2, 0.25) is 0 Å². The van der Waals surface area contributed by atoms with Gasteiger partial charge in [0.1, 0.15) is 12.4 Å². The van der Waals surface area contributed by atoms with Crippen LogP contribution in [0.2, 0.25) is 0 Å². The lowest BCUT2D eigenvalue weighted by molar-refractivity contribution is 0.0601. The maximum atomic E-state index is 13.6. The Morgan fingerprint density at radius 1 is 1.22 bits per heavy atom. The number of rotatable bonds is 4. The van der Waals surface area contributed by atoms with Gasteiger partial charge in [-0.15, -0.1) is 0 Å². The summed E-state index contributed by atoms with van der Waals surface area (Å²) >= 11 is 3.00. The second-order valence-electron chi connectivity index (χ2n) is 4.49. The summed E-state index contributed by atoms with van der Waals surface area (Å²) in [5.74, 6) is -1.41. The molecule has 2 aromatic carbocycles. The van der Waals surface area contributed by atoms with E-state index in [1.54, 1.807) is 0 Å². The number of carbonyl (C=O) groups excluding carboxylic acids is 2. The molecule has 0 aromatic heterocycles. The van der Waals surface area contributed by atoms with Crippen LogP contribution in [0, 0.1) is 5.82 Å². The fourth-order valence-corrected chi connectivity index (χ4v) is 2.14. The minimum absolute atomic E-state index is 0.0720. The van der Waals surface area contributed by atoms with Gasteiger partial charge in [0.15, 0.2) is 0 Å². The van der Waals surface area contributed by atoms with Crippen LogP contribution in [0.25, 0.3) is 0 Å². The van der Waals surface area contributed by atoms with Gasteiger partial charge in [-0.05, 0) is 33.6 Å². The molecule has 0 aliphatic carbocycles. The lowest BCUT2D eigenvalue weighted by atomic mass is 10.1. The standard InChI is InChI=1S/C16H13BrFNO4/c1-22-15(20)11-7-13(18)12(17)8-14(11)19-16(21)23-9-10-5-3-2-4-6-10/h2-8H,9H2,1H3,(H,19,21). The SMILES string of the molecule is COC(=O)c1cc(F)c(Br)cc1NC(=O)OCc1ccccc1. The average Bonchev–Trinajstić information content (AvgIpc) is 2.56. The molecule has 1 N–H and O–H groups in total. The van der Waals surface area contributed by atoms with E-state index in [9.17, 15) is 14.0 Å². The lowest BCUT2D eigenvalue weighted by Crippen LogP contribution is -2.17. The van der Waals surface area contributed by atoms with Crippen LogP contribution in [0.4, 0.5) is 14.9 Å². The van der Waals surface area contributed by atoms with Crippen LogP contribution in [-0.2, 0) is 16.1 Å². The number of hydrogen-bond donors (Lipinski definition) is 1. The van der Waals surface area contributed by atoms with E-state index in [4.69, 9.17) is 4.74 Å². The number of amides is 1. The Kier molecular flexibility index (Phi) is 5.70. The van der Waals surface area contributed by atoms with Crippen LogP contribution in [0.3, 0.4) is 0 Å². The predicted molar refractivity (Wildman–Crippen MR) is 85.7 cm³/mol.